The predicted molar refractivity (Wildman–Crippen MR) is 74.4 cm³/mol. The lowest BCUT2D eigenvalue weighted by Gasteiger charge is -2.17. The topological polar surface area (TPSA) is 26.3 Å². The summed E-state index contributed by atoms with van der Waals surface area (Å²) in [7, 11) is 0. The van der Waals surface area contributed by atoms with Crippen LogP contribution in [0, 0.1) is 5.82 Å². The fourth-order valence-corrected chi connectivity index (χ4v) is 2.53. The maximum atomic E-state index is 14.0. The first-order valence-electron chi connectivity index (χ1n) is 6.76. The van der Waals surface area contributed by atoms with Gasteiger partial charge in [0.15, 0.2) is 5.78 Å². The van der Waals surface area contributed by atoms with Gasteiger partial charge < -0.3 is 4.74 Å². The second-order valence-electron chi connectivity index (χ2n) is 4.99. The van der Waals surface area contributed by atoms with Crippen LogP contribution in [0.3, 0.4) is 0 Å². The normalized spacial score (nSPS) is 13.9. The molecule has 0 heterocycles. The molecular weight excluding hydrogens is 255 g/mol. The SMILES string of the molecule is O=C1CCCc2cc(OCc3ccccc3)cc(F)c21. The van der Waals surface area contributed by atoms with E-state index < -0.39 is 5.82 Å². The van der Waals surface area contributed by atoms with Crippen LogP contribution in [-0.4, -0.2) is 5.78 Å². The van der Waals surface area contributed by atoms with E-state index >= 15 is 0 Å². The van der Waals surface area contributed by atoms with Crippen LogP contribution in [0.15, 0.2) is 42.5 Å². The number of fused-ring (bicyclic) bond motifs is 1. The number of halogens is 1. The van der Waals surface area contributed by atoms with Gasteiger partial charge in [0.05, 0.1) is 5.56 Å². The number of Topliss-reactive ketones (excluding diaryl/α,β-unsaturated/α-hetero) is 1. The van der Waals surface area contributed by atoms with Gasteiger partial charge in [-0.05, 0) is 30.0 Å². The van der Waals surface area contributed by atoms with Crippen molar-refractivity contribution in [2.24, 2.45) is 0 Å². The molecule has 0 aliphatic heterocycles. The van der Waals surface area contributed by atoms with Crippen LogP contribution in [0.4, 0.5) is 4.39 Å². The Hall–Kier alpha value is -2.16. The maximum Gasteiger partial charge on any atom is 0.166 e. The molecular formula is C17H15FO2. The average molecular weight is 270 g/mol. The predicted octanol–water partition coefficient (Wildman–Crippen LogP) is 3.92. The number of carbonyl (C=O) groups is 1. The van der Waals surface area contributed by atoms with Gasteiger partial charge in [-0.25, -0.2) is 4.39 Å². The lowest BCUT2D eigenvalue weighted by molar-refractivity contribution is 0.0968. The minimum absolute atomic E-state index is 0.0987. The van der Waals surface area contributed by atoms with Crippen LogP contribution in [0.1, 0.15) is 34.3 Å². The van der Waals surface area contributed by atoms with Gasteiger partial charge in [-0.2, -0.15) is 0 Å². The number of ether oxygens (including phenoxy) is 1. The molecule has 0 saturated heterocycles. The van der Waals surface area contributed by atoms with Gasteiger partial charge in [0.1, 0.15) is 18.2 Å². The summed E-state index contributed by atoms with van der Waals surface area (Å²) in [5, 5.41) is 0. The Morgan fingerprint density at radius 1 is 1.10 bits per heavy atom. The van der Waals surface area contributed by atoms with Gasteiger partial charge in [-0.3, -0.25) is 4.79 Å². The highest BCUT2D eigenvalue weighted by atomic mass is 19.1. The van der Waals surface area contributed by atoms with Crippen molar-refractivity contribution >= 4 is 5.78 Å². The number of hydrogen-bond acceptors (Lipinski definition) is 2. The molecule has 0 radical (unpaired) electrons. The van der Waals surface area contributed by atoms with Crippen molar-refractivity contribution in [3.05, 3.63) is 65.0 Å². The molecule has 0 bridgehead atoms. The van der Waals surface area contributed by atoms with E-state index in [1.54, 1.807) is 6.07 Å². The standard InChI is InChI=1S/C17H15FO2/c18-15-10-14(20-11-12-5-2-1-3-6-12)9-13-7-4-8-16(19)17(13)15/h1-3,5-6,9-10H,4,7-8,11H2. The van der Waals surface area contributed by atoms with Crippen LogP contribution < -0.4 is 4.74 Å². The highest BCUT2D eigenvalue weighted by molar-refractivity contribution is 5.98. The second kappa shape index (κ2) is 5.45. The molecule has 2 nitrogen and oxygen atoms in total. The number of benzene rings is 2. The number of aryl methyl sites for hydroxylation is 1. The minimum atomic E-state index is -0.463. The van der Waals surface area contributed by atoms with E-state index in [0.717, 1.165) is 24.0 Å². The molecule has 2 aromatic rings. The van der Waals surface area contributed by atoms with Crippen molar-refractivity contribution in [2.75, 3.05) is 0 Å². The molecule has 1 aliphatic carbocycles. The van der Waals surface area contributed by atoms with E-state index in [9.17, 15) is 9.18 Å². The zero-order valence-electron chi connectivity index (χ0n) is 11.1. The molecule has 0 fully saturated rings. The van der Waals surface area contributed by atoms with Gasteiger partial charge in [-0.15, -0.1) is 0 Å². The van der Waals surface area contributed by atoms with E-state index in [1.807, 2.05) is 30.3 Å². The van der Waals surface area contributed by atoms with Crippen LogP contribution in [0.5, 0.6) is 5.75 Å². The molecule has 102 valence electrons. The molecule has 2 aromatic carbocycles. The number of carbonyl (C=O) groups excluding carboxylic acids is 1. The van der Waals surface area contributed by atoms with Gasteiger partial charge in [0.2, 0.25) is 0 Å². The maximum absolute atomic E-state index is 14.0. The third-order valence-corrected chi connectivity index (χ3v) is 3.52. The Labute approximate surface area is 117 Å². The van der Waals surface area contributed by atoms with E-state index in [-0.39, 0.29) is 11.3 Å². The largest absolute Gasteiger partial charge is 0.489 e. The quantitative estimate of drug-likeness (QED) is 0.844. The molecule has 0 unspecified atom stereocenters. The van der Waals surface area contributed by atoms with Crippen LogP contribution in [0.25, 0.3) is 0 Å². The first-order chi connectivity index (χ1) is 9.74. The van der Waals surface area contributed by atoms with Crippen LogP contribution >= 0.6 is 0 Å². The molecule has 0 N–H and O–H groups in total. The van der Waals surface area contributed by atoms with Crippen LogP contribution in [-0.2, 0) is 13.0 Å². The van der Waals surface area contributed by atoms with E-state index in [1.165, 1.54) is 6.07 Å². The summed E-state index contributed by atoms with van der Waals surface area (Å²) in [4.78, 5) is 11.7. The minimum Gasteiger partial charge on any atom is -0.489 e. The number of hydrogen-bond donors (Lipinski definition) is 0. The van der Waals surface area contributed by atoms with Crippen molar-refractivity contribution in [3.8, 4) is 5.75 Å². The van der Waals surface area contributed by atoms with Crippen molar-refractivity contribution in [3.63, 3.8) is 0 Å². The highest BCUT2D eigenvalue weighted by Gasteiger charge is 2.22. The molecule has 0 atom stereocenters. The van der Waals surface area contributed by atoms with E-state index in [0.29, 0.717) is 18.8 Å². The summed E-state index contributed by atoms with van der Waals surface area (Å²) >= 11 is 0. The van der Waals surface area contributed by atoms with Crippen molar-refractivity contribution in [2.45, 2.75) is 25.9 Å². The zero-order valence-corrected chi connectivity index (χ0v) is 11.1. The molecule has 0 spiro atoms. The lowest BCUT2D eigenvalue weighted by Crippen LogP contribution is -2.13. The molecule has 0 amide bonds. The van der Waals surface area contributed by atoms with E-state index in [2.05, 4.69) is 0 Å². The van der Waals surface area contributed by atoms with Gasteiger partial charge >= 0.3 is 0 Å². The van der Waals surface area contributed by atoms with Crippen LogP contribution in [0.2, 0.25) is 0 Å². The molecule has 20 heavy (non-hydrogen) atoms. The summed E-state index contributed by atoms with van der Waals surface area (Å²) in [6.07, 6.45) is 1.96. The summed E-state index contributed by atoms with van der Waals surface area (Å²) < 4.78 is 19.6. The average Bonchev–Trinajstić information content (AvgIpc) is 2.46. The smallest absolute Gasteiger partial charge is 0.166 e. The third-order valence-electron chi connectivity index (χ3n) is 3.52. The molecule has 1 aliphatic rings. The molecule has 0 aromatic heterocycles. The summed E-state index contributed by atoms with van der Waals surface area (Å²) in [6, 6.07) is 12.8. The van der Waals surface area contributed by atoms with Gasteiger partial charge in [-0.1, -0.05) is 30.3 Å². The zero-order chi connectivity index (χ0) is 13.9. The Morgan fingerprint density at radius 3 is 2.70 bits per heavy atom. The number of ketones is 1. The van der Waals surface area contributed by atoms with Crippen molar-refractivity contribution in [1.82, 2.24) is 0 Å². The first-order valence-corrected chi connectivity index (χ1v) is 6.76. The monoisotopic (exact) mass is 270 g/mol. The fraction of sp³-hybridized carbons (Fsp3) is 0.235. The fourth-order valence-electron chi connectivity index (χ4n) is 2.53. The summed E-state index contributed by atoms with van der Waals surface area (Å²) in [5.74, 6) is -0.0755. The van der Waals surface area contributed by atoms with E-state index in [4.69, 9.17) is 4.74 Å². The lowest BCUT2D eigenvalue weighted by atomic mass is 9.90. The van der Waals surface area contributed by atoms with Gasteiger partial charge in [0.25, 0.3) is 0 Å². The molecule has 3 heteroatoms. The Morgan fingerprint density at radius 2 is 1.90 bits per heavy atom. The first kappa shape index (κ1) is 12.9. The Bertz CT molecular complexity index is 635. The van der Waals surface area contributed by atoms with Gasteiger partial charge in [0, 0.05) is 12.5 Å². The Kier molecular flexibility index (Phi) is 3.50. The van der Waals surface area contributed by atoms with Crippen molar-refractivity contribution < 1.29 is 13.9 Å². The molecule has 0 saturated carbocycles. The molecule has 3 rings (SSSR count). The third kappa shape index (κ3) is 2.57. The number of rotatable bonds is 3. The Balaban J connectivity index is 1.81. The highest BCUT2D eigenvalue weighted by Crippen LogP contribution is 2.28. The summed E-state index contributed by atoms with van der Waals surface area (Å²) in [6.45, 7) is 0.396. The summed E-state index contributed by atoms with van der Waals surface area (Å²) in [5.41, 5.74) is 2.05. The second-order valence-corrected chi connectivity index (χ2v) is 4.99. The van der Waals surface area contributed by atoms with Crippen molar-refractivity contribution in [1.29, 1.82) is 0 Å².